The van der Waals surface area contributed by atoms with Gasteiger partial charge in [0.2, 0.25) is 6.33 Å². The second-order valence-corrected chi connectivity index (χ2v) is 4.70. The average Bonchev–Trinajstić information content (AvgIpc) is 2.72. The highest BCUT2D eigenvalue weighted by atomic mass is 79.9. The number of hydrogen-bond acceptors (Lipinski definition) is 0. The summed E-state index contributed by atoms with van der Waals surface area (Å²) in [7, 11) is 0. The minimum absolute atomic E-state index is 0. The van der Waals surface area contributed by atoms with Gasteiger partial charge < -0.3 is 17.0 Å². The first-order chi connectivity index (χ1) is 8.36. The Kier molecular flexibility index (Phi) is 6.41. The van der Waals surface area contributed by atoms with Crippen molar-refractivity contribution in [3.05, 3.63) is 30.6 Å². The lowest BCUT2D eigenvalue weighted by Gasteiger charge is -1.94. The van der Waals surface area contributed by atoms with E-state index in [2.05, 4.69) is 53.6 Å². The normalized spacial score (nSPS) is 10.6. The number of aryl methyl sites for hydroxylation is 2. The fourth-order valence-corrected chi connectivity index (χ4v) is 2.26. The highest BCUT2D eigenvalue weighted by Crippen LogP contribution is 2.12. The number of aromatic nitrogens is 2. The number of benzene rings is 1. The molecule has 0 amide bonds. The molecule has 1 aromatic heterocycles. The summed E-state index contributed by atoms with van der Waals surface area (Å²) in [5.74, 6) is 0. The van der Waals surface area contributed by atoms with Gasteiger partial charge in [-0.25, -0.2) is 9.13 Å². The van der Waals surface area contributed by atoms with Crippen molar-refractivity contribution in [2.24, 2.45) is 0 Å². The van der Waals surface area contributed by atoms with Crippen LogP contribution in [-0.4, -0.2) is 4.57 Å². The first-order valence-corrected chi connectivity index (χ1v) is 6.84. The van der Waals surface area contributed by atoms with Gasteiger partial charge in [0.05, 0.1) is 13.1 Å². The second-order valence-electron chi connectivity index (χ2n) is 4.70. The van der Waals surface area contributed by atoms with Crippen LogP contribution in [0.1, 0.15) is 39.5 Å². The van der Waals surface area contributed by atoms with E-state index in [1.807, 2.05) is 0 Å². The van der Waals surface area contributed by atoms with Gasteiger partial charge in [0.1, 0.15) is 0 Å². The zero-order valence-electron chi connectivity index (χ0n) is 11.4. The minimum Gasteiger partial charge on any atom is -1.00 e. The van der Waals surface area contributed by atoms with E-state index in [1.165, 1.54) is 36.7 Å². The summed E-state index contributed by atoms with van der Waals surface area (Å²) >= 11 is 0. The van der Waals surface area contributed by atoms with Crippen LogP contribution in [0.4, 0.5) is 0 Å². The highest BCUT2D eigenvalue weighted by Gasteiger charge is 2.13. The third kappa shape index (κ3) is 3.35. The predicted molar refractivity (Wildman–Crippen MR) is 71.9 cm³/mol. The van der Waals surface area contributed by atoms with Crippen molar-refractivity contribution in [3.8, 4) is 0 Å². The molecule has 2 rings (SSSR count). The van der Waals surface area contributed by atoms with Crippen molar-refractivity contribution in [3.63, 3.8) is 0 Å². The molecule has 0 N–H and O–H groups in total. The van der Waals surface area contributed by atoms with Gasteiger partial charge in [-0.15, -0.1) is 0 Å². The monoisotopic (exact) mass is 310 g/mol. The fraction of sp³-hybridized carbons (Fsp3) is 0.533. The van der Waals surface area contributed by atoms with Crippen LogP contribution in [0.25, 0.3) is 11.0 Å². The van der Waals surface area contributed by atoms with Crippen molar-refractivity contribution in [1.29, 1.82) is 0 Å². The van der Waals surface area contributed by atoms with E-state index in [0.717, 1.165) is 13.1 Å². The largest absolute Gasteiger partial charge is 1.00 e. The zero-order valence-corrected chi connectivity index (χ0v) is 13.0. The minimum atomic E-state index is 0. The number of hydrogen-bond donors (Lipinski definition) is 0. The predicted octanol–water partition coefficient (Wildman–Crippen LogP) is 0.533. The number of nitrogens with zero attached hydrogens (tertiary/aromatic N) is 2. The van der Waals surface area contributed by atoms with Crippen LogP contribution in [0.5, 0.6) is 0 Å². The first-order valence-electron chi connectivity index (χ1n) is 6.84. The molecule has 0 fully saturated rings. The summed E-state index contributed by atoms with van der Waals surface area (Å²) in [6.45, 7) is 6.76. The Hall–Kier alpha value is -0.830. The Morgan fingerprint density at radius 1 is 1.06 bits per heavy atom. The first kappa shape index (κ1) is 15.2. The van der Waals surface area contributed by atoms with Crippen molar-refractivity contribution in [1.82, 2.24) is 4.57 Å². The maximum atomic E-state index is 2.40. The summed E-state index contributed by atoms with van der Waals surface area (Å²) in [4.78, 5) is 0. The Bertz CT molecular complexity index is 434. The number of rotatable bonds is 6. The summed E-state index contributed by atoms with van der Waals surface area (Å²) in [6, 6.07) is 8.73. The molecule has 2 nitrogen and oxygen atoms in total. The van der Waals surface area contributed by atoms with E-state index < -0.39 is 0 Å². The molecule has 0 aliphatic heterocycles. The van der Waals surface area contributed by atoms with Crippen LogP contribution in [0.3, 0.4) is 0 Å². The molecule has 3 heteroatoms. The molecule has 0 radical (unpaired) electrons. The van der Waals surface area contributed by atoms with Crippen molar-refractivity contribution in [2.75, 3.05) is 0 Å². The molecule has 0 atom stereocenters. The molecule has 0 unspecified atom stereocenters. The molecule has 0 aliphatic carbocycles. The Morgan fingerprint density at radius 2 is 1.78 bits per heavy atom. The number of para-hydroxylation sites is 2. The molecule has 1 heterocycles. The summed E-state index contributed by atoms with van der Waals surface area (Å²) in [5.41, 5.74) is 2.74. The zero-order chi connectivity index (χ0) is 12.1. The smallest absolute Gasteiger partial charge is 0.244 e. The van der Waals surface area contributed by atoms with Gasteiger partial charge in [-0.05, 0) is 25.0 Å². The number of fused-ring (bicyclic) bond motifs is 1. The van der Waals surface area contributed by atoms with Crippen LogP contribution in [0.2, 0.25) is 0 Å². The summed E-state index contributed by atoms with van der Waals surface area (Å²) in [5, 5.41) is 0. The van der Waals surface area contributed by atoms with Crippen LogP contribution in [0, 0.1) is 0 Å². The van der Waals surface area contributed by atoms with E-state index >= 15 is 0 Å². The van der Waals surface area contributed by atoms with Crippen LogP contribution in [0.15, 0.2) is 30.6 Å². The summed E-state index contributed by atoms with van der Waals surface area (Å²) in [6.07, 6.45) is 7.30. The molecule has 0 saturated heterocycles. The van der Waals surface area contributed by atoms with Gasteiger partial charge in [0, 0.05) is 0 Å². The van der Waals surface area contributed by atoms with Gasteiger partial charge in [0.25, 0.3) is 0 Å². The fourth-order valence-electron chi connectivity index (χ4n) is 2.26. The SMILES string of the molecule is CCCCn1c[n+](CCCC)c2ccccc21.[Br-]. The number of imidazole rings is 1. The lowest BCUT2D eigenvalue weighted by molar-refractivity contribution is -0.672. The second kappa shape index (κ2) is 7.57. The van der Waals surface area contributed by atoms with Gasteiger partial charge in [-0.2, -0.15) is 0 Å². The Morgan fingerprint density at radius 3 is 2.50 bits per heavy atom. The van der Waals surface area contributed by atoms with Gasteiger partial charge in [-0.3, -0.25) is 0 Å². The molecule has 1 aromatic carbocycles. The number of halogens is 1. The quantitative estimate of drug-likeness (QED) is 0.689. The average molecular weight is 311 g/mol. The maximum absolute atomic E-state index is 2.40. The molecule has 0 bridgehead atoms. The third-order valence-electron chi connectivity index (χ3n) is 3.28. The van der Waals surface area contributed by atoms with E-state index in [9.17, 15) is 0 Å². The van der Waals surface area contributed by atoms with Gasteiger partial charge >= 0.3 is 0 Å². The third-order valence-corrected chi connectivity index (χ3v) is 3.28. The lowest BCUT2D eigenvalue weighted by Crippen LogP contribution is -3.00. The topological polar surface area (TPSA) is 8.81 Å². The van der Waals surface area contributed by atoms with Crippen LogP contribution in [-0.2, 0) is 13.1 Å². The molecule has 2 aromatic rings. The Labute approximate surface area is 120 Å². The van der Waals surface area contributed by atoms with E-state index in [1.54, 1.807) is 0 Å². The van der Waals surface area contributed by atoms with E-state index in [-0.39, 0.29) is 17.0 Å². The molecule has 0 spiro atoms. The number of unbranched alkanes of at least 4 members (excludes halogenated alkanes) is 2. The lowest BCUT2D eigenvalue weighted by atomic mass is 10.3. The van der Waals surface area contributed by atoms with Crippen LogP contribution >= 0.6 is 0 Å². The Balaban J connectivity index is 0.00000162. The van der Waals surface area contributed by atoms with E-state index in [4.69, 9.17) is 0 Å². The van der Waals surface area contributed by atoms with E-state index in [0.29, 0.717) is 0 Å². The van der Waals surface area contributed by atoms with Crippen molar-refractivity contribution >= 4 is 11.0 Å². The molecule has 0 saturated carbocycles. The van der Waals surface area contributed by atoms with Gasteiger partial charge in [0.15, 0.2) is 11.0 Å². The molecule has 100 valence electrons. The maximum Gasteiger partial charge on any atom is 0.244 e. The van der Waals surface area contributed by atoms with Gasteiger partial charge in [-0.1, -0.05) is 38.8 Å². The molecular weight excluding hydrogens is 288 g/mol. The molecule has 18 heavy (non-hydrogen) atoms. The highest BCUT2D eigenvalue weighted by molar-refractivity contribution is 5.71. The van der Waals surface area contributed by atoms with Crippen molar-refractivity contribution < 1.29 is 21.5 Å². The molecule has 0 aliphatic rings. The standard InChI is InChI=1S/C15H23N2.BrH/c1-3-5-11-16-13-17(12-6-4-2)15-10-8-7-9-14(15)16;/h7-10,13H,3-6,11-12H2,1-2H3;1H/q+1;/p-1. The van der Waals surface area contributed by atoms with Crippen molar-refractivity contribution in [2.45, 2.75) is 52.6 Å². The summed E-state index contributed by atoms with van der Waals surface area (Å²) < 4.78 is 4.79. The van der Waals surface area contributed by atoms with Crippen LogP contribution < -0.4 is 21.5 Å². The molecular formula is C15H23BrN2.